The molecule has 0 spiro atoms. The molecular weight excluding hydrogens is 210 g/mol. The molecule has 0 amide bonds. The Hall–Kier alpha value is -1.02. The Kier molecular flexibility index (Phi) is 5.49. The number of rotatable bonds is 6. The maximum atomic E-state index is 9.25. The van der Waals surface area contributed by atoms with Crippen LogP contribution < -0.4 is 0 Å². The fraction of sp³-hybridized carbons (Fsp3) is 0.600. The van der Waals surface area contributed by atoms with Gasteiger partial charge in [0.1, 0.15) is 5.75 Å². The summed E-state index contributed by atoms with van der Waals surface area (Å²) in [4.78, 5) is 2.51. The first-order valence-electron chi connectivity index (χ1n) is 6.54. The van der Waals surface area contributed by atoms with Gasteiger partial charge in [0.2, 0.25) is 0 Å². The Morgan fingerprint density at radius 2 is 1.71 bits per heavy atom. The summed E-state index contributed by atoms with van der Waals surface area (Å²) in [6.07, 6.45) is 1.04. The lowest BCUT2D eigenvalue weighted by Crippen LogP contribution is -2.37. The van der Waals surface area contributed by atoms with Crippen LogP contribution in [0, 0.1) is 5.92 Å². The number of likely N-dealkylation sites (N-methyl/N-ethyl adjacent to an activating group) is 1. The zero-order valence-corrected chi connectivity index (χ0v) is 11.5. The SMILES string of the molecule is CCN(CC(C)C)C(C)Cc1ccc(O)cc1. The molecule has 2 heteroatoms. The number of hydrogen-bond donors (Lipinski definition) is 1. The lowest BCUT2D eigenvalue weighted by Gasteiger charge is -2.29. The Bertz CT molecular complexity index is 318. The van der Waals surface area contributed by atoms with Crippen molar-refractivity contribution in [3.8, 4) is 5.75 Å². The van der Waals surface area contributed by atoms with Gasteiger partial charge >= 0.3 is 0 Å². The van der Waals surface area contributed by atoms with Crippen molar-refractivity contribution >= 4 is 0 Å². The molecule has 17 heavy (non-hydrogen) atoms. The molecule has 96 valence electrons. The van der Waals surface area contributed by atoms with Crippen LogP contribution >= 0.6 is 0 Å². The summed E-state index contributed by atoms with van der Waals surface area (Å²) in [5, 5.41) is 9.25. The van der Waals surface area contributed by atoms with E-state index in [1.165, 1.54) is 5.56 Å². The van der Waals surface area contributed by atoms with Crippen molar-refractivity contribution in [1.29, 1.82) is 0 Å². The normalized spacial score (nSPS) is 13.3. The highest BCUT2D eigenvalue weighted by molar-refractivity contribution is 5.26. The number of nitrogens with zero attached hydrogens (tertiary/aromatic N) is 1. The van der Waals surface area contributed by atoms with Gasteiger partial charge in [0, 0.05) is 12.6 Å². The first kappa shape index (κ1) is 14.0. The third-order valence-electron chi connectivity index (χ3n) is 3.10. The second-order valence-electron chi connectivity index (χ2n) is 5.20. The Balaban J connectivity index is 2.57. The van der Waals surface area contributed by atoms with Gasteiger partial charge < -0.3 is 10.0 Å². The highest BCUT2D eigenvalue weighted by Crippen LogP contribution is 2.14. The van der Waals surface area contributed by atoms with E-state index >= 15 is 0 Å². The van der Waals surface area contributed by atoms with Gasteiger partial charge in [-0.25, -0.2) is 0 Å². The second kappa shape index (κ2) is 6.65. The molecule has 0 radical (unpaired) electrons. The third kappa shape index (κ3) is 4.78. The lowest BCUT2D eigenvalue weighted by molar-refractivity contribution is 0.195. The first-order valence-corrected chi connectivity index (χ1v) is 6.54. The number of phenols is 1. The molecule has 0 aliphatic rings. The van der Waals surface area contributed by atoms with E-state index in [-0.39, 0.29) is 0 Å². The minimum Gasteiger partial charge on any atom is -0.508 e. The smallest absolute Gasteiger partial charge is 0.115 e. The Morgan fingerprint density at radius 3 is 2.18 bits per heavy atom. The van der Waals surface area contributed by atoms with Gasteiger partial charge in [0.05, 0.1) is 0 Å². The summed E-state index contributed by atoms with van der Waals surface area (Å²) in [5.74, 6) is 1.05. The van der Waals surface area contributed by atoms with Crippen molar-refractivity contribution in [2.75, 3.05) is 13.1 Å². The number of phenolic OH excluding ortho intramolecular Hbond substituents is 1. The summed E-state index contributed by atoms with van der Waals surface area (Å²) in [6, 6.07) is 8.10. The van der Waals surface area contributed by atoms with Crippen LogP contribution in [-0.4, -0.2) is 29.1 Å². The molecule has 1 unspecified atom stereocenters. The zero-order valence-electron chi connectivity index (χ0n) is 11.5. The standard InChI is InChI=1S/C15H25NO/c1-5-16(11-12(2)3)13(4)10-14-6-8-15(17)9-7-14/h6-9,12-13,17H,5,10-11H2,1-4H3. The van der Waals surface area contributed by atoms with Crippen molar-refractivity contribution in [3.05, 3.63) is 29.8 Å². The van der Waals surface area contributed by atoms with Gasteiger partial charge in [-0.05, 0) is 43.5 Å². The molecule has 1 aromatic carbocycles. The molecular formula is C15H25NO. The highest BCUT2D eigenvalue weighted by atomic mass is 16.3. The molecule has 0 aliphatic carbocycles. The fourth-order valence-electron chi connectivity index (χ4n) is 2.19. The molecule has 1 aromatic rings. The summed E-state index contributed by atoms with van der Waals surface area (Å²) < 4.78 is 0. The molecule has 0 aliphatic heterocycles. The molecule has 0 saturated carbocycles. The van der Waals surface area contributed by atoms with Crippen LogP contribution in [0.1, 0.15) is 33.3 Å². The van der Waals surface area contributed by atoms with Gasteiger partial charge in [-0.1, -0.05) is 32.9 Å². The van der Waals surface area contributed by atoms with E-state index < -0.39 is 0 Å². The maximum Gasteiger partial charge on any atom is 0.115 e. The first-order chi connectivity index (χ1) is 8.02. The Labute approximate surface area is 105 Å². The molecule has 0 fully saturated rings. The van der Waals surface area contributed by atoms with E-state index in [2.05, 4.69) is 32.6 Å². The summed E-state index contributed by atoms with van der Waals surface area (Å²) >= 11 is 0. The molecule has 1 atom stereocenters. The molecule has 0 aromatic heterocycles. The number of hydrogen-bond acceptors (Lipinski definition) is 2. The molecule has 1 N–H and O–H groups in total. The van der Waals surface area contributed by atoms with E-state index in [1.807, 2.05) is 12.1 Å². The zero-order chi connectivity index (χ0) is 12.8. The van der Waals surface area contributed by atoms with Crippen LogP contribution in [0.5, 0.6) is 5.75 Å². The van der Waals surface area contributed by atoms with Gasteiger partial charge in [-0.15, -0.1) is 0 Å². The topological polar surface area (TPSA) is 23.5 Å². The molecule has 0 bridgehead atoms. The summed E-state index contributed by atoms with van der Waals surface area (Å²) in [6.45, 7) is 11.3. The molecule has 0 saturated heterocycles. The van der Waals surface area contributed by atoms with Crippen LogP contribution in [0.2, 0.25) is 0 Å². The van der Waals surface area contributed by atoms with Gasteiger partial charge in [-0.2, -0.15) is 0 Å². The van der Waals surface area contributed by atoms with Gasteiger partial charge in [0.25, 0.3) is 0 Å². The Morgan fingerprint density at radius 1 is 1.12 bits per heavy atom. The minimum atomic E-state index is 0.343. The van der Waals surface area contributed by atoms with Crippen molar-refractivity contribution in [2.24, 2.45) is 5.92 Å². The minimum absolute atomic E-state index is 0.343. The predicted molar refractivity (Wildman–Crippen MR) is 73.4 cm³/mol. The lowest BCUT2D eigenvalue weighted by atomic mass is 10.0. The number of aromatic hydroxyl groups is 1. The van der Waals surface area contributed by atoms with Crippen LogP contribution in [0.4, 0.5) is 0 Å². The van der Waals surface area contributed by atoms with E-state index in [4.69, 9.17) is 0 Å². The fourth-order valence-corrected chi connectivity index (χ4v) is 2.19. The van der Waals surface area contributed by atoms with E-state index in [0.717, 1.165) is 19.5 Å². The quantitative estimate of drug-likeness (QED) is 0.817. The van der Waals surface area contributed by atoms with Crippen LogP contribution in [0.25, 0.3) is 0 Å². The molecule has 1 rings (SSSR count). The van der Waals surface area contributed by atoms with Crippen molar-refractivity contribution in [1.82, 2.24) is 4.90 Å². The number of benzene rings is 1. The predicted octanol–water partition coefficient (Wildman–Crippen LogP) is 3.30. The monoisotopic (exact) mass is 235 g/mol. The third-order valence-corrected chi connectivity index (χ3v) is 3.10. The van der Waals surface area contributed by atoms with E-state index in [9.17, 15) is 5.11 Å². The van der Waals surface area contributed by atoms with Crippen molar-refractivity contribution in [2.45, 2.75) is 40.2 Å². The van der Waals surface area contributed by atoms with Crippen LogP contribution in [-0.2, 0) is 6.42 Å². The largest absolute Gasteiger partial charge is 0.508 e. The molecule has 2 nitrogen and oxygen atoms in total. The van der Waals surface area contributed by atoms with Crippen LogP contribution in [0.3, 0.4) is 0 Å². The average molecular weight is 235 g/mol. The van der Waals surface area contributed by atoms with Crippen molar-refractivity contribution in [3.63, 3.8) is 0 Å². The average Bonchev–Trinajstić information content (AvgIpc) is 2.28. The van der Waals surface area contributed by atoms with E-state index in [1.54, 1.807) is 12.1 Å². The van der Waals surface area contributed by atoms with E-state index in [0.29, 0.717) is 17.7 Å². The van der Waals surface area contributed by atoms with Gasteiger partial charge in [-0.3, -0.25) is 0 Å². The maximum absolute atomic E-state index is 9.25. The summed E-state index contributed by atoms with van der Waals surface area (Å²) in [5.41, 5.74) is 1.29. The van der Waals surface area contributed by atoms with Crippen molar-refractivity contribution < 1.29 is 5.11 Å². The van der Waals surface area contributed by atoms with Gasteiger partial charge in [0.15, 0.2) is 0 Å². The second-order valence-corrected chi connectivity index (χ2v) is 5.20. The molecule has 0 heterocycles. The highest BCUT2D eigenvalue weighted by Gasteiger charge is 2.13. The van der Waals surface area contributed by atoms with Crippen LogP contribution in [0.15, 0.2) is 24.3 Å². The summed E-state index contributed by atoms with van der Waals surface area (Å²) in [7, 11) is 0.